The smallest absolute Gasteiger partial charge is 0.238 e. The standard InChI is InChI=1S/C10H13N3OS.2ClH/c14-10(9-6-15-7-13-9)12-5-8-3-1-2-4-11-8;;/h1-4,9,13H,5-7H2,(H,12,14);2*1H. The molecule has 0 radical (unpaired) electrons. The van der Waals surface area contributed by atoms with Gasteiger partial charge in [-0.25, -0.2) is 0 Å². The number of rotatable bonds is 3. The van der Waals surface area contributed by atoms with Crippen molar-refractivity contribution in [3.63, 3.8) is 0 Å². The lowest BCUT2D eigenvalue weighted by Gasteiger charge is -2.09. The summed E-state index contributed by atoms with van der Waals surface area (Å²) in [4.78, 5) is 15.7. The summed E-state index contributed by atoms with van der Waals surface area (Å²) in [6, 6.07) is 5.63. The van der Waals surface area contributed by atoms with E-state index in [4.69, 9.17) is 0 Å². The van der Waals surface area contributed by atoms with Crippen molar-refractivity contribution in [3.05, 3.63) is 30.1 Å². The van der Waals surface area contributed by atoms with Gasteiger partial charge in [-0.2, -0.15) is 0 Å². The SMILES string of the molecule is Cl.Cl.O=C(NCc1ccccn1)C1CSCN1. The van der Waals surface area contributed by atoms with Gasteiger partial charge in [0, 0.05) is 17.8 Å². The van der Waals surface area contributed by atoms with E-state index in [0.717, 1.165) is 17.3 Å². The number of carbonyl (C=O) groups excluding carboxylic acids is 1. The lowest BCUT2D eigenvalue weighted by atomic mass is 10.3. The van der Waals surface area contributed by atoms with Crippen LogP contribution in [0.25, 0.3) is 0 Å². The summed E-state index contributed by atoms with van der Waals surface area (Å²) in [6.45, 7) is 0.502. The minimum atomic E-state index is -0.0429. The second-order valence-electron chi connectivity index (χ2n) is 3.31. The van der Waals surface area contributed by atoms with Crippen LogP contribution in [0.3, 0.4) is 0 Å². The van der Waals surface area contributed by atoms with Gasteiger partial charge >= 0.3 is 0 Å². The van der Waals surface area contributed by atoms with E-state index in [2.05, 4.69) is 15.6 Å². The van der Waals surface area contributed by atoms with E-state index >= 15 is 0 Å². The van der Waals surface area contributed by atoms with Gasteiger partial charge in [-0.05, 0) is 12.1 Å². The lowest BCUT2D eigenvalue weighted by Crippen LogP contribution is -2.41. The molecule has 1 unspecified atom stereocenters. The van der Waals surface area contributed by atoms with Gasteiger partial charge in [-0.15, -0.1) is 36.6 Å². The highest BCUT2D eigenvalue weighted by Crippen LogP contribution is 2.09. The molecule has 1 fully saturated rings. The number of nitrogens with one attached hydrogen (secondary N) is 2. The summed E-state index contributed by atoms with van der Waals surface area (Å²) in [5.41, 5.74) is 0.886. The molecule has 2 heterocycles. The van der Waals surface area contributed by atoms with Crippen LogP contribution in [-0.4, -0.2) is 28.6 Å². The van der Waals surface area contributed by atoms with E-state index in [9.17, 15) is 4.79 Å². The van der Waals surface area contributed by atoms with E-state index in [0.29, 0.717) is 6.54 Å². The molecule has 0 aromatic carbocycles. The maximum Gasteiger partial charge on any atom is 0.238 e. The van der Waals surface area contributed by atoms with Crippen LogP contribution in [-0.2, 0) is 11.3 Å². The number of carbonyl (C=O) groups is 1. The number of nitrogens with zero attached hydrogens (tertiary/aromatic N) is 1. The van der Waals surface area contributed by atoms with Crippen molar-refractivity contribution in [2.75, 3.05) is 11.6 Å². The van der Waals surface area contributed by atoms with Crippen molar-refractivity contribution in [1.29, 1.82) is 0 Å². The number of thioether (sulfide) groups is 1. The summed E-state index contributed by atoms with van der Waals surface area (Å²) >= 11 is 1.74. The molecule has 4 nitrogen and oxygen atoms in total. The van der Waals surface area contributed by atoms with Crippen molar-refractivity contribution < 1.29 is 4.79 Å². The highest BCUT2D eigenvalue weighted by molar-refractivity contribution is 7.99. The number of aromatic nitrogens is 1. The van der Waals surface area contributed by atoms with Crippen LogP contribution in [0, 0.1) is 0 Å². The van der Waals surface area contributed by atoms with Crippen molar-refractivity contribution in [2.24, 2.45) is 0 Å². The average molecular weight is 296 g/mol. The summed E-state index contributed by atoms with van der Waals surface area (Å²) in [5.74, 6) is 1.78. The van der Waals surface area contributed by atoms with Crippen LogP contribution in [0.5, 0.6) is 0 Å². The molecule has 0 saturated carbocycles. The van der Waals surface area contributed by atoms with Gasteiger partial charge in [-0.3, -0.25) is 15.1 Å². The second kappa shape index (κ2) is 8.58. The molecule has 1 saturated heterocycles. The lowest BCUT2D eigenvalue weighted by molar-refractivity contribution is -0.122. The Bertz CT molecular complexity index is 334. The van der Waals surface area contributed by atoms with Crippen LogP contribution < -0.4 is 10.6 Å². The number of amides is 1. The normalized spacial score (nSPS) is 17.8. The van der Waals surface area contributed by atoms with Crippen molar-refractivity contribution in [3.8, 4) is 0 Å². The van der Waals surface area contributed by atoms with Crippen molar-refractivity contribution >= 4 is 42.5 Å². The molecule has 1 aliphatic rings. The highest BCUT2D eigenvalue weighted by Gasteiger charge is 2.21. The molecular formula is C10H15Cl2N3OS. The average Bonchev–Trinajstić information content (AvgIpc) is 2.81. The van der Waals surface area contributed by atoms with E-state index in [-0.39, 0.29) is 36.8 Å². The first-order valence-electron chi connectivity index (χ1n) is 4.85. The Morgan fingerprint density at radius 1 is 1.53 bits per heavy atom. The summed E-state index contributed by atoms with van der Waals surface area (Å²) in [6.07, 6.45) is 1.73. The molecule has 1 atom stereocenters. The molecule has 1 aromatic rings. The third-order valence-electron chi connectivity index (χ3n) is 2.20. The Morgan fingerprint density at radius 3 is 2.94 bits per heavy atom. The molecule has 1 aromatic heterocycles. The number of halogens is 2. The van der Waals surface area contributed by atoms with Gasteiger partial charge in [-0.1, -0.05) is 6.07 Å². The molecule has 0 bridgehead atoms. The molecule has 7 heteroatoms. The third-order valence-corrected chi connectivity index (χ3v) is 3.14. The molecule has 1 amide bonds. The van der Waals surface area contributed by atoms with E-state index in [1.807, 2.05) is 18.2 Å². The minimum Gasteiger partial charge on any atom is -0.349 e. The molecule has 0 spiro atoms. The zero-order valence-electron chi connectivity index (χ0n) is 9.09. The van der Waals surface area contributed by atoms with E-state index in [1.165, 1.54) is 0 Å². The Kier molecular flexibility index (Phi) is 8.33. The van der Waals surface area contributed by atoms with E-state index < -0.39 is 0 Å². The molecule has 0 aliphatic carbocycles. The van der Waals surface area contributed by atoms with Crippen molar-refractivity contribution in [1.82, 2.24) is 15.6 Å². The Hall–Kier alpha value is -0.490. The highest BCUT2D eigenvalue weighted by atomic mass is 35.5. The van der Waals surface area contributed by atoms with Gasteiger partial charge < -0.3 is 5.32 Å². The van der Waals surface area contributed by atoms with Gasteiger partial charge in [0.15, 0.2) is 0 Å². The number of hydrogen-bond acceptors (Lipinski definition) is 4. The third kappa shape index (κ3) is 5.12. The monoisotopic (exact) mass is 295 g/mol. The van der Waals surface area contributed by atoms with E-state index in [1.54, 1.807) is 18.0 Å². The zero-order chi connectivity index (χ0) is 10.5. The Balaban J connectivity index is 0.00000128. The molecule has 2 N–H and O–H groups in total. The second-order valence-corrected chi connectivity index (χ2v) is 4.34. The fourth-order valence-corrected chi connectivity index (χ4v) is 2.31. The van der Waals surface area contributed by atoms with Gasteiger partial charge in [0.05, 0.1) is 18.3 Å². The summed E-state index contributed by atoms with van der Waals surface area (Å²) in [7, 11) is 0. The fourth-order valence-electron chi connectivity index (χ4n) is 1.37. The van der Waals surface area contributed by atoms with Crippen LogP contribution in [0.1, 0.15) is 5.69 Å². The largest absolute Gasteiger partial charge is 0.349 e. The summed E-state index contributed by atoms with van der Waals surface area (Å²) < 4.78 is 0. The first-order valence-corrected chi connectivity index (χ1v) is 6.00. The van der Waals surface area contributed by atoms with Crippen LogP contribution in [0.4, 0.5) is 0 Å². The molecule has 1 aliphatic heterocycles. The van der Waals surface area contributed by atoms with Gasteiger partial charge in [0.25, 0.3) is 0 Å². The maximum atomic E-state index is 11.6. The zero-order valence-corrected chi connectivity index (χ0v) is 11.5. The summed E-state index contributed by atoms with van der Waals surface area (Å²) in [5, 5.41) is 5.99. The predicted octanol–water partition coefficient (Wildman–Crippen LogP) is 1.20. The molecule has 96 valence electrons. The molecule has 17 heavy (non-hydrogen) atoms. The van der Waals surface area contributed by atoms with Crippen LogP contribution >= 0.6 is 36.6 Å². The Morgan fingerprint density at radius 2 is 2.35 bits per heavy atom. The Labute approximate surface area is 117 Å². The first kappa shape index (κ1) is 16.5. The maximum absolute atomic E-state index is 11.6. The topological polar surface area (TPSA) is 54.0 Å². The van der Waals surface area contributed by atoms with Crippen molar-refractivity contribution in [2.45, 2.75) is 12.6 Å². The van der Waals surface area contributed by atoms with Gasteiger partial charge in [0.1, 0.15) is 0 Å². The first-order chi connectivity index (χ1) is 7.36. The van der Waals surface area contributed by atoms with Crippen LogP contribution in [0.15, 0.2) is 24.4 Å². The molecule has 2 rings (SSSR count). The van der Waals surface area contributed by atoms with Gasteiger partial charge in [0.2, 0.25) is 5.91 Å². The minimum absolute atomic E-state index is 0. The predicted molar refractivity (Wildman–Crippen MR) is 74.8 cm³/mol. The molecular weight excluding hydrogens is 281 g/mol. The number of hydrogen-bond donors (Lipinski definition) is 2. The van der Waals surface area contributed by atoms with Crippen LogP contribution in [0.2, 0.25) is 0 Å². The quantitative estimate of drug-likeness (QED) is 0.880. The fraction of sp³-hybridized carbons (Fsp3) is 0.400. The number of pyridine rings is 1.